The number of sulfonamides is 1. The molecule has 4 heterocycles. The van der Waals surface area contributed by atoms with Gasteiger partial charge in [-0.25, -0.2) is 26.9 Å². The van der Waals surface area contributed by atoms with Crippen LogP contribution in [0.2, 0.25) is 0 Å². The third kappa shape index (κ3) is 5.88. The molecule has 0 spiro atoms. The molecule has 0 atom stereocenters. The number of anilines is 2. The number of rotatable bonds is 10. The van der Waals surface area contributed by atoms with Crippen LogP contribution in [0, 0.1) is 0 Å². The van der Waals surface area contributed by atoms with Gasteiger partial charge in [-0.2, -0.15) is 15.0 Å². The van der Waals surface area contributed by atoms with Gasteiger partial charge in [-0.05, 0) is 26.2 Å². The van der Waals surface area contributed by atoms with Crippen molar-refractivity contribution in [1.29, 1.82) is 0 Å². The molecular weight excluding hydrogens is 536 g/mol. The number of nitrogens with zero attached hydrogens (tertiary/aromatic N) is 8. The second kappa shape index (κ2) is 11.1. The van der Waals surface area contributed by atoms with Crippen molar-refractivity contribution in [2.45, 2.75) is 12.5 Å². The molecule has 2 aliphatic rings. The van der Waals surface area contributed by atoms with E-state index >= 15 is 0 Å². The molecule has 0 bridgehead atoms. The smallest absolute Gasteiger partial charge is 0.296 e. The summed E-state index contributed by atoms with van der Waals surface area (Å²) in [4.78, 5) is 23.4. The van der Waals surface area contributed by atoms with Gasteiger partial charge >= 0.3 is 0 Å². The van der Waals surface area contributed by atoms with Crippen LogP contribution in [0.5, 0.6) is 5.75 Å². The normalized spacial score (nSPS) is 16.9. The fourth-order valence-corrected chi connectivity index (χ4v) is 5.81. The molecule has 3 aromatic rings. The zero-order chi connectivity index (χ0) is 27.7. The van der Waals surface area contributed by atoms with Gasteiger partial charge < -0.3 is 24.2 Å². The first kappa shape index (κ1) is 27.4. The summed E-state index contributed by atoms with van der Waals surface area (Å²) in [6.45, 7) is 3.06. The lowest BCUT2D eigenvalue weighted by Crippen LogP contribution is -2.60. The minimum atomic E-state index is -3.46. The fourth-order valence-electron chi connectivity index (χ4n) is 4.43. The predicted octanol–water partition coefficient (Wildman–Crippen LogP) is 0.663. The van der Waals surface area contributed by atoms with E-state index in [1.807, 2.05) is 19.0 Å². The summed E-state index contributed by atoms with van der Waals surface area (Å²) < 4.78 is 68.0. The van der Waals surface area contributed by atoms with Gasteiger partial charge in [0.1, 0.15) is 11.3 Å². The lowest BCUT2D eigenvalue weighted by atomic mass is 10.1. The van der Waals surface area contributed by atoms with Crippen molar-refractivity contribution in [2.24, 2.45) is 0 Å². The zero-order valence-electron chi connectivity index (χ0n) is 21.9. The number of ether oxygens (including phenoxy) is 2. The largest absolute Gasteiger partial charge is 0.494 e. The quantitative estimate of drug-likeness (QED) is 0.371. The number of alkyl halides is 2. The van der Waals surface area contributed by atoms with Crippen molar-refractivity contribution in [3.05, 3.63) is 24.0 Å². The Kier molecular flexibility index (Phi) is 7.80. The second-order valence-corrected chi connectivity index (χ2v) is 11.5. The Labute approximate surface area is 224 Å². The number of imidazole rings is 1. The van der Waals surface area contributed by atoms with E-state index in [-0.39, 0.29) is 29.2 Å². The molecule has 0 radical (unpaired) electrons. The van der Waals surface area contributed by atoms with Gasteiger partial charge in [0, 0.05) is 32.7 Å². The highest BCUT2D eigenvalue weighted by molar-refractivity contribution is 7.89. The maximum absolute atomic E-state index is 14.2. The molecule has 5 rings (SSSR count). The Morgan fingerprint density at radius 2 is 1.74 bits per heavy atom. The van der Waals surface area contributed by atoms with Crippen LogP contribution in [0.15, 0.2) is 18.2 Å². The molecule has 2 fully saturated rings. The summed E-state index contributed by atoms with van der Waals surface area (Å²) in [5.74, 6) is 0.384. The molecule has 2 aromatic heterocycles. The number of hydrogen-bond acceptors (Lipinski definition) is 11. The Balaban J connectivity index is 1.49. The first-order chi connectivity index (χ1) is 18.6. The summed E-state index contributed by atoms with van der Waals surface area (Å²) in [7, 11) is 1.61. The van der Waals surface area contributed by atoms with Crippen molar-refractivity contribution in [1.82, 2.24) is 34.1 Å². The Hall–Kier alpha value is -3.21. The molecule has 0 amide bonds. The molecule has 0 aliphatic carbocycles. The second-order valence-electron chi connectivity index (χ2n) is 9.61. The Morgan fingerprint density at radius 3 is 2.38 bits per heavy atom. The average molecular weight is 568 g/mol. The Morgan fingerprint density at radius 1 is 1.08 bits per heavy atom. The molecule has 1 N–H and O–H groups in total. The molecule has 13 nitrogen and oxygen atoms in total. The van der Waals surface area contributed by atoms with Gasteiger partial charge in [-0.3, -0.25) is 4.57 Å². The Bertz CT molecular complexity index is 1420. The van der Waals surface area contributed by atoms with Crippen molar-refractivity contribution in [3.63, 3.8) is 0 Å². The van der Waals surface area contributed by atoms with E-state index < -0.39 is 22.3 Å². The van der Waals surface area contributed by atoms with Gasteiger partial charge in [0.2, 0.25) is 27.9 Å². The van der Waals surface area contributed by atoms with E-state index in [1.165, 1.54) is 11.7 Å². The molecule has 2 aliphatic heterocycles. The molecule has 212 valence electrons. The highest BCUT2D eigenvalue weighted by Gasteiger charge is 2.34. The highest BCUT2D eigenvalue weighted by atomic mass is 32.2. The highest BCUT2D eigenvalue weighted by Crippen LogP contribution is 2.32. The van der Waals surface area contributed by atoms with E-state index in [4.69, 9.17) is 9.47 Å². The number of halogens is 2. The van der Waals surface area contributed by atoms with Gasteiger partial charge in [-0.15, -0.1) is 0 Å². The minimum Gasteiger partial charge on any atom is -0.494 e. The van der Waals surface area contributed by atoms with Crippen molar-refractivity contribution < 1.29 is 26.7 Å². The van der Waals surface area contributed by atoms with Crippen LogP contribution in [-0.2, 0) is 14.8 Å². The van der Waals surface area contributed by atoms with E-state index in [9.17, 15) is 17.2 Å². The molecule has 2 saturated heterocycles. The van der Waals surface area contributed by atoms with Crippen LogP contribution in [0.4, 0.5) is 20.7 Å². The van der Waals surface area contributed by atoms with Crippen LogP contribution in [-0.4, -0.2) is 117 Å². The van der Waals surface area contributed by atoms with Crippen molar-refractivity contribution in [2.75, 3.05) is 82.7 Å². The monoisotopic (exact) mass is 567 g/mol. The lowest BCUT2D eigenvalue weighted by molar-refractivity contribution is 0.122. The summed E-state index contributed by atoms with van der Waals surface area (Å²) >= 11 is 0. The van der Waals surface area contributed by atoms with Gasteiger partial charge in [-0.1, -0.05) is 6.07 Å². The number of para-hydroxylation sites is 1. The van der Waals surface area contributed by atoms with Crippen LogP contribution in [0.25, 0.3) is 17.0 Å². The van der Waals surface area contributed by atoms with Gasteiger partial charge in [0.25, 0.3) is 6.43 Å². The van der Waals surface area contributed by atoms with Crippen LogP contribution in [0.3, 0.4) is 0 Å². The van der Waals surface area contributed by atoms with Crippen LogP contribution < -0.4 is 19.3 Å². The first-order valence-corrected chi connectivity index (χ1v) is 14.1. The molecule has 1 aromatic carbocycles. The summed E-state index contributed by atoms with van der Waals surface area (Å²) in [6.07, 6.45) is -2.90. The van der Waals surface area contributed by atoms with Crippen LogP contribution in [0.1, 0.15) is 12.2 Å². The molecule has 16 heteroatoms. The molecule has 0 saturated carbocycles. The molecular formula is C23H31F2N9O4S. The minimum absolute atomic E-state index is 0.0115. The maximum Gasteiger partial charge on any atom is 0.296 e. The SMILES string of the molecule is COc1cccc2c1nc(C(F)F)n2-c1nc(N2CCOCC2)nc(N2CC(NS(=O)(=O)CCN(C)C)C2)n1. The van der Waals surface area contributed by atoms with E-state index in [0.29, 0.717) is 63.2 Å². The third-order valence-corrected chi connectivity index (χ3v) is 7.91. The average Bonchev–Trinajstić information content (AvgIpc) is 3.30. The number of methoxy groups -OCH3 is 1. The third-order valence-electron chi connectivity index (χ3n) is 6.50. The summed E-state index contributed by atoms with van der Waals surface area (Å²) in [6, 6.07) is 4.66. The van der Waals surface area contributed by atoms with Gasteiger partial charge in [0.05, 0.1) is 37.6 Å². The fraction of sp³-hybridized carbons (Fsp3) is 0.565. The first-order valence-electron chi connectivity index (χ1n) is 12.5. The van der Waals surface area contributed by atoms with Crippen LogP contribution >= 0.6 is 0 Å². The lowest BCUT2D eigenvalue weighted by Gasteiger charge is -2.39. The van der Waals surface area contributed by atoms with E-state index in [1.54, 1.807) is 28.0 Å². The van der Waals surface area contributed by atoms with Crippen molar-refractivity contribution in [3.8, 4) is 11.7 Å². The number of hydrogen-bond donors (Lipinski definition) is 1. The molecule has 0 unspecified atom stereocenters. The summed E-state index contributed by atoms with van der Waals surface area (Å²) in [5.41, 5.74) is 0.631. The van der Waals surface area contributed by atoms with Gasteiger partial charge in [0.15, 0.2) is 5.82 Å². The number of nitrogens with one attached hydrogen (secondary N) is 1. The summed E-state index contributed by atoms with van der Waals surface area (Å²) in [5, 5.41) is 0. The number of morpholine rings is 1. The number of benzene rings is 1. The molecule has 39 heavy (non-hydrogen) atoms. The predicted molar refractivity (Wildman–Crippen MR) is 140 cm³/mol. The number of fused-ring (bicyclic) bond motifs is 1. The maximum atomic E-state index is 14.2. The number of aromatic nitrogens is 5. The zero-order valence-corrected chi connectivity index (χ0v) is 22.7. The van der Waals surface area contributed by atoms with E-state index in [2.05, 4.69) is 24.7 Å². The standard InChI is InChI=1S/C23H31F2N9O4S/c1-31(2)9-12-39(35,36)30-15-13-33(14-15)22-27-21(32-7-10-38-11-8-32)28-23(29-22)34-16-5-4-6-17(37-3)18(16)26-20(34)19(24)25/h4-6,15,19,30H,7-14H2,1-3H3. The van der Waals surface area contributed by atoms with E-state index in [0.717, 1.165) is 0 Å². The van der Waals surface area contributed by atoms with Crippen molar-refractivity contribution >= 4 is 33.0 Å². The topological polar surface area (TPSA) is 131 Å².